The standard InChI is InChI=1S/C9H8N2O2S/c12-4-3-8-10-9(13-11-8)6-7-2-1-5-14-7/h1-2,4-5H,3,6H2. The molecule has 0 aliphatic carbocycles. The molecule has 0 spiro atoms. The summed E-state index contributed by atoms with van der Waals surface area (Å²) in [6.07, 6.45) is 1.62. The Hall–Kier alpha value is -1.49. The summed E-state index contributed by atoms with van der Waals surface area (Å²) in [4.78, 5) is 15.4. The van der Waals surface area contributed by atoms with Gasteiger partial charge in [0.25, 0.3) is 0 Å². The molecule has 0 aliphatic rings. The van der Waals surface area contributed by atoms with Crippen LogP contribution >= 0.6 is 11.3 Å². The topological polar surface area (TPSA) is 56.0 Å². The normalized spacial score (nSPS) is 10.3. The molecule has 2 rings (SSSR count). The van der Waals surface area contributed by atoms with Crippen molar-refractivity contribution < 1.29 is 9.32 Å². The van der Waals surface area contributed by atoms with Gasteiger partial charge in [-0.15, -0.1) is 11.3 Å². The number of carbonyl (C=O) groups excluding carboxylic acids is 1. The van der Waals surface area contributed by atoms with Gasteiger partial charge in [0.05, 0.1) is 12.8 Å². The minimum absolute atomic E-state index is 0.216. The molecule has 0 atom stereocenters. The highest BCUT2D eigenvalue weighted by atomic mass is 32.1. The van der Waals surface area contributed by atoms with Gasteiger partial charge in [-0.1, -0.05) is 11.2 Å². The molecule has 0 radical (unpaired) electrons. The van der Waals surface area contributed by atoms with Crippen molar-refractivity contribution in [3.8, 4) is 0 Å². The quantitative estimate of drug-likeness (QED) is 0.714. The Balaban J connectivity index is 2.06. The van der Waals surface area contributed by atoms with Gasteiger partial charge >= 0.3 is 0 Å². The lowest BCUT2D eigenvalue weighted by atomic mass is 10.3. The summed E-state index contributed by atoms with van der Waals surface area (Å²) in [5.41, 5.74) is 0. The average molecular weight is 208 g/mol. The summed E-state index contributed by atoms with van der Waals surface area (Å²) in [6, 6.07) is 3.98. The lowest BCUT2D eigenvalue weighted by Gasteiger charge is -1.87. The summed E-state index contributed by atoms with van der Waals surface area (Å²) < 4.78 is 4.98. The maximum atomic E-state index is 10.2. The van der Waals surface area contributed by atoms with Gasteiger partial charge in [0, 0.05) is 4.88 Å². The third kappa shape index (κ3) is 2.05. The zero-order valence-corrected chi connectivity index (χ0v) is 8.16. The molecule has 0 aliphatic heterocycles. The maximum Gasteiger partial charge on any atom is 0.231 e. The van der Waals surface area contributed by atoms with Crippen LogP contribution in [-0.2, 0) is 17.6 Å². The fourth-order valence-corrected chi connectivity index (χ4v) is 1.78. The van der Waals surface area contributed by atoms with Crippen LogP contribution in [0.25, 0.3) is 0 Å². The Morgan fingerprint density at radius 3 is 3.21 bits per heavy atom. The second-order valence-corrected chi connectivity index (χ2v) is 3.76. The minimum Gasteiger partial charge on any atom is -0.339 e. The molecule has 0 amide bonds. The van der Waals surface area contributed by atoms with E-state index in [4.69, 9.17) is 4.52 Å². The van der Waals surface area contributed by atoms with E-state index in [9.17, 15) is 4.79 Å². The van der Waals surface area contributed by atoms with Gasteiger partial charge in [0.1, 0.15) is 6.29 Å². The molecular weight excluding hydrogens is 200 g/mol. The fourth-order valence-electron chi connectivity index (χ4n) is 1.08. The van der Waals surface area contributed by atoms with Crippen molar-refractivity contribution >= 4 is 17.6 Å². The summed E-state index contributed by atoms with van der Waals surface area (Å²) in [7, 11) is 0. The molecule has 14 heavy (non-hydrogen) atoms. The third-order valence-corrected chi connectivity index (χ3v) is 2.56. The zero-order valence-electron chi connectivity index (χ0n) is 7.34. The van der Waals surface area contributed by atoms with Gasteiger partial charge < -0.3 is 9.32 Å². The molecule has 2 heterocycles. The average Bonchev–Trinajstić information content (AvgIpc) is 2.79. The molecule has 0 saturated carbocycles. The number of thiophene rings is 1. The molecular formula is C9H8N2O2S. The molecule has 72 valence electrons. The van der Waals surface area contributed by atoms with Crippen molar-refractivity contribution in [2.45, 2.75) is 12.8 Å². The summed E-state index contributed by atoms with van der Waals surface area (Å²) in [6.45, 7) is 0. The minimum atomic E-state index is 0.216. The highest BCUT2D eigenvalue weighted by molar-refractivity contribution is 7.09. The van der Waals surface area contributed by atoms with Gasteiger partial charge in [0.2, 0.25) is 5.89 Å². The van der Waals surface area contributed by atoms with Crippen LogP contribution in [0.4, 0.5) is 0 Å². The van der Waals surface area contributed by atoms with Crippen LogP contribution in [0.3, 0.4) is 0 Å². The summed E-state index contributed by atoms with van der Waals surface area (Å²) >= 11 is 1.64. The number of rotatable bonds is 4. The lowest BCUT2D eigenvalue weighted by Crippen LogP contribution is -1.89. The van der Waals surface area contributed by atoms with E-state index in [-0.39, 0.29) is 6.42 Å². The highest BCUT2D eigenvalue weighted by Crippen LogP contribution is 2.13. The van der Waals surface area contributed by atoms with E-state index in [0.29, 0.717) is 18.1 Å². The number of nitrogens with zero attached hydrogens (tertiary/aromatic N) is 2. The molecule has 0 aromatic carbocycles. The first kappa shape index (κ1) is 9.08. The van der Waals surface area contributed by atoms with E-state index < -0.39 is 0 Å². The SMILES string of the molecule is O=CCc1noc(Cc2cccs2)n1. The maximum absolute atomic E-state index is 10.2. The second-order valence-electron chi connectivity index (χ2n) is 2.73. The van der Waals surface area contributed by atoms with Crippen LogP contribution in [0.2, 0.25) is 0 Å². The van der Waals surface area contributed by atoms with E-state index in [1.165, 1.54) is 4.88 Å². The first-order chi connectivity index (χ1) is 6.88. The number of aldehydes is 1. The lowest BCUT2D eigenvalue weighted by molar-refractivity contribution is -0.107. The van der Waals surface area contributed by atoms with E-state index in [1.54, 1.807) is 11.3 Å². The molecule has 0 saturated heterocycles. The Morgan fingerprint density at radius 2 is 2.50 bits per heavy atom. The Kier molecular flexibility index (Phi) is 2.69. The van der Waals surface area contributed by atoms with Gasteiger partial charge in [-0.3, -0.25) is 0 Å². The van der Waals surface area contributed by atoms with E-state index in [0.717, 1.165) is 6.29 Å². The Bertz CT molecular complexity index is 408. The number of hydrogen-bond donors (Lipinski definition) is 0. The molecule has 0 unspecified atom stereocenters. The molecule has 0 N–H and O–H groups in total. The van der Waals surface area contributed by atoms with Crippen LogP contribution in [0.1, 0.15) is 16.6 Å². The van der Waals surface area contributed by atoms with Gasteiger partial charge in [-0.2, -0.15) is 4.98 Å². The highest BCUT2D eigenvalue weighted by Gasteiger charge is 2.06. The van der Waals surface area contributed by atoms with Gasteiger partial charge in [-0.25, -0.2) is 0 Å². The smallest absolute Gasteiger partial charge is 0.231 e. The summed E-state index contributed by atoms with van der Waals surface area (Å²) in [5, 5.41) is 5.67. The van der Waals surface area contributed by atoms with Gasteiger partial charge in [-0.05, 0) is 11.4 Å². The van der Waals surface area contributed by atoms with Crippen molar-refractivity contribution in [3.63, 3.8) is 0 Å². The van der Waals surface area contributed by atoms with Crippen molar-refractivity contribution in [3.05, 3.63) is 34.1 Å². The van der Waals surface area contributed by atoms with E-state index in [2.05, 4.69) is 10.1 Å². The number of hydrogen-bond acceptors (Lipinski definition) is 5. The molecule has 5 heteroatoms. The largest absolute Gasteiger partial charge is 0.339 e. The first-order valence-electron chi connectivity index (χ1n) is 4.16. The molecule has 0 fully saturated rings. The van der Waals surface area contributed by atoms with E-state index >= 15 is 0 Å². The van der Waals surface area contributed by atoms with Crippen molar-refractivity contribution in [2.24, 2.45) is 0 Å². The number of carbonyl (C=O) groups is 1. The number of aromatic nitrogens is 2. The predicted molar refractivity (Wildman–Crippen MR) is 51.2 cm³/mol. The molecule has 2 aromatic rings. The van der Waals surface area contributed by atoms with E-state index in [1.807, 2.05) is 17.5 Å². The van der Waals surface area contributed by atoms with Crippen molar-refractivity contribution in [2.75, 3.05) is 0 Å². The molecule has 0 bridgehead atoms. The fraction of sp³-hybridized carbons (Fsp3) is 0.222. The molecule has 4 nitrogen and oxygen atoms in total. The van der Waals surface area contributed by atoms with Crippen molar-refractivity contribution in [1.29, 1.82) is 0 Å². The monoisotopic (exact) mass is 208 g/mol. The zero-order chi connectivity index (χ0) is 9.80. The van der Waals surface area contributed by atoms with Crippen LogP contribution in [0, 0.1) is 0 Å². The van der Waals surface area contributed by atoms with Crippen LogP contribution in [0.15, 0.2) is 22.0 Å². The first-order valence-corrected chi connectivity index (χ1v) is 5.04. The van der Waals surface area contributed by atoms with Crippen LogP contribution < -0.4 is 0 Å². The summed E-state index contributed by atoms with van der Waals surface area (Å²) in [5.74, 6) is 1.01. The van der Waals surface area contributed by atoms with Gasteiger partial charge in [0.15, 0.2) is 5.82 Å². The second kappa shape index (κ2) is 4.15. The predicted octanol–water partition coefficient (Wildman–Crippen LogP) is 1.46. The van der Waals surface area contributed by atoms with Crippen LogP contribution in [-0.4, -0.2) is 16.4 Å². The Labute approximate surface area is 84.6 Å². The van der Waals surface area contributed by atoms with Crippen molar-refractivity contribution in [1.82, 2.24) is 10.1 Å². The molecule has 2 aromatic heterocycles. The third-order valence-electron chi connectivity index (χ3n) is 1.68. The Morgan fingerprint density at radius 1 is 1.57 bits per heavy atom. The van der Waals surface area contributed by atoms with Crippen LogP contribution in [0.5, 0.6) is 0 Å².